The third-order valence-electron chi connectivity index (χ3n) is 4.81. The molecule has 4 heteroatoms. The van der Waals surface area contributed by atoms with Crippen molar-refractivity contribution in [3.63, 3.8) is 0 Å². The minimum atomic E-state index is -0.0146. The molecule has 0 radical (unpaired) electrons. The van der Waals surface area contributed by atoms with E-state index in [4.69, 9.17) is 4.74 Å². The summed E-state index contributed by atoms with van der Waals surface area (Å²) in [6.45, 7) is 4.49. The molecule has 0 saturated heterocycles. The molecule has 26 heavy (non-hydrogen) atoms. The average Bonchev–Trinajstić information content (AvgIpc) is 3.10. The summed E-state index contributed by atoms with van der Waals surface area (Å²) in [7, 11) is 1.63. The standard InChI is InChI=1S/C22H25NO2S/c1-4-17-8-9-18(10-15(17)2)19-13-22(26-14-19)23-21(24)12-16-6-5-7-20(11-16)25-3/h5-11,13-15,17H,4,12H2,1-3H3,(H,23,24). The molecule has 1 amide bonds. The van der Waals surface area contributed by atoms with Crippen LogP contribution in [0.4, 0.5) is 5.00 Å². The maximum absolute atomic E-state index is 12.3. The van der Waals surface area contributed by atoms with E-state index in [9.17, 15) is 4.79 Å². The van der Waals surface area contributed by atoms with Gasteiger partial charge in [-0.05, 0) is 53.2 Å². The van der Waals surface area contributed by atoms with Crippen LogP contribution in [0.1, 0.15) is 31.4 Å². The summed E-state index contributed by atoms with van der Waals surface area (Å²) < 4.78 is 5.21. The van der Waals surface area contributed by atoms with Crippen molar-refractivity contribution in [2.45, 2.75) is 26.7 Å². The van der Waals surface area contributed by atoms with Gasteiger partial charge in [-0.1, -0.05) is 44.2 Å². The number of hydrogen-bond acceptors (Lipinski definition) is 3. The molecular weight excluding hydrogens is 342 g/mol. The smallest absolute Gasteiger partial charge is 0.229 e. The molecule has 0 bridgehead atoms. The monoisotopic (exact) mass is 367 g/mol. The Morgan fingerprint density at radius 3 is 2.88 bits per heavy atom. The lowest BCUT2D eigenvalue weighted by Gasteiger charge is -2.21. The number of thiophene rings is 1. The van der Waals surface area contributed by atoms with Gasteiger partial charge >= 0.3 is 0 Å². The second kappa shape index (κ2) is 8.37. The molecule has 3 nitrogen and oxygen atoms in total. The molecule has 2 aromatic rings. The lowest BCUT2D eigenvalue weighted by atomic mass is 9.84. The van der Waals surface area contributed by atoms with Gasteiger partial charge in [-0.3, -0.25) is 4.79 Å². The maximum atomic E-state index is 12.3. The van der Waals surface area contributed by atoms with Gasteiger partial charge in [0.1, 0.15) is 5.75 Å². The Morgan fingerprint density at radius 1 is 1.31 bits per heavy atom. The van der Waals surface area contributed by atoms with Gasteiger partial charge in [0.2, 0.25) is 5.91 Å². The van der Waals surface area contributed by atoms with Gasteiger partial charge in [0.05, 0.1) is 18.5 Å². The number of methoxy groups -OCH3 is 1. The second-order valence-electron chi connectivity index (χ2n) is 6.69. The molecule has 0 saturated carbocycles. The fourth-order valence-electron chi connectivity index (χ4n) is 3.27. The number of allylic oxidation sites excluding steroid dienone is 4. The first-order valence-electron chi connectivity index (χ1n) is 9.00. The first kappa shape index (κ1) is 18.5. The molecule has 1 aliphatic carbocycles. The van der Waals surface area contributed by atoms with Crippen LogP contribution in [0, 0.1) is 11.8 Å². The Bertz CT molecular complexity index is 834. The van der Waals surface area contributed by atoms with E-state index in [2.05, 4.69) is 48.8 Å². The Kier molecular flexibility index (Phi) is 5.94. The molecule has 0 fully saturated rings. The van der Waals surface area contributed by atoms with Crippen molar-refractivity contribution in [2.75, 3.05) is 12.4 Å². The molecule has 1 aliphatic rings. The van der Waals surface area contributed by atoms with E-state index in [1.165, 1.54) is 11.1 Å². The van der Waals surface area contributed by atoms with Gasteiger partial charge in [0.25, 0.3) is 0 Å². The van der Waals surface area contributed by atoms with E-state index < -0.39 is 0 Å². The highest BCUT2D eigenvalue weighted by Gasteiger charge is 2.16. The highest BCUT2D eigenvalue weighted by molar-refractivity contribution is 7.14. The molecule has 1 aromatic carbocycles. The predicted octanol–water partition coefficient (Wildman–Crippen LogP) is 5.55. The quantitative estimate of drug-likeness (QED) is 0.726. The van der Waals surface area contributed by atoms with Gasteiger partial charge in [0.15, 0.2) is 0 Å². The largest absolute Gasteiger partial charge is 0.497 e. The van der Waals surface area contributed by atoms with Gasteiger partial charge in [-0.25, -0.2) is 0 Å². The summed E-state index contributed by atoms with van der Waals surface area (Å²) in [5.41, 5.74) is 3.35. The third-order valence-corrected chi connectivity index (χ3v) is 5.65. The Hall–Kier alpha value is -2.33. The van der Waals surface area contributed by atoms with Crippen LogP contribution >= 0.6 is 11.3 Å². The predicted molar refractivity (Wildman–Crippen MR) is 110 cm³/mol. The minimum Gasteiger partial charge on any atom is -0.497 e. The number of hydrogen-bond donors (Lipinski definition) is 1. The highest BCUT2D eigenvalue weighted by Crippen LogP contribution is 2.33. The molecule has 2 unspecified atom stereocenters. The van der Waals surface area contributed by atoms with Crippen LogP contribution in [-0.2, 0) is 11.2 Å². The van der Waals surface area contributed by atoms with E-state index in [0.29, 0.717) is 18.3 Å². The van der Waals surface area contributed by atoms with Gasteiger partial charge in [-0.15, -0.1) is 11.3 Å². The summed E-state index contributed by atoms with van der Waals surface area (Å²) >= 11 is 1.57. The van der Waals surface area contributed by atoms with Crippen LogP contribution in [0.3, 0.4) is 0 Å². The number of amides is 1. The van der Waals surface area contributed by atoms with Gasteiger partial charge < -0.3 is 10.1 Å². The van der Waals surface area contributed by atoms with Crippen LogP contribution in [0.5, 0.6) is 5.75 Å². The van der Waals surface area contributed by atoms with Crippen molar-refractivity contribution in [3.05, 3.63) is 65.1 Å². The number of rotatable bonds is 6. The zero-order chi connectivity index (χ0) is 18.5. The minimum absolute atomic E-state index is 0.0146. The lowest BCUT2D eigenvalue weighted by Crippen LogP contribution is -2.13. The molecule has 1 aromatic heterocycles. The van der Waals surface area contributed by atoms with Gasteiger partial charge in [-0.2, -0.15) is 0 Å². The SMILES string of the molecule is CCC1C=CC(c2csc(NC(=O)Cc3cccc(OC)c3)c2)=CC1C. The fraction of sp³-hybridized carbons (Fsp3) is 0.318. The van der Waals surface area contributed by atoms with E-state index in [1.54, 1.807) is 18.4 Å². The molecule has 0 aliphatic heterocycles. The molecule has 2 atom stereocenters. The van der Waals surface area contributed by atoms with Crippen molar-refractivity contribution in [1.82, 2.24) is 0 Å². The van der Waals surface area contributed by atoms with E-state index in [1.807, 2.05) is 24.3 Å². The molecule has 1 heterocycles. The van der Waals surface area contributed by atoms with Crippen molar-refractivity contribution < 1.29 is 9.53 Å². The summed E-state index contributed by atoms with van der Waals surface area (Å²) in [5.74, 6) is 1.92. The maximum Gasteiger partial charge on any atom is 0.229 e. The summed E-state index contributed by atoms with van der Waals surface area (Å²) in [6.07, 6.45) is 8.34. The number of anilines is 1. The topological polar surface area (TPSA) is 38.3 Å². The number of carbonyl (C=O) groups excluding carboxylic acids is 1. The van der Waals surface area contributed by atoms with Crippen LogP contribution in [0.15, 0.2) is 53.9 Å². The molecule has 136 valence electrons. The zero-order valence-corrected chi connectivity index (χ0v) is 16.3. The van der Waals surface area contributed by atoms with E-state index in [-0.39, 0.29) is 5.91 Å². The number of nitrogens with one attached hydrogen (secondary N) is 1. The van der Waals surface area contributed by atoms with Crippen molar-refractivity contribution in [1.29, 1.82) is 0 Å². The van der Waals surface area contributed by atoms with Crippen molar-refractivity contribution in [3.8, 4) is 5.75 Å². The van der Waals surface area contributed by atoms with Gasteiger partial charge in [0, 0.05) is 5.38 Å². The Balaban J connectivity index is 1.63. The average molecular weight is 368 g/mol. The number of carbonyl (C=O) groups is 1. The third kappa shape index (κ3) is 4.44. The van der Waals surface area contributed by atoms with Crippen molar-refractivity contribution in [2.24, 2.45) is 11.8 Å². The zero-order valence-electron chi connectivity index (χ0n) is 15.5. The van der Waals surface area contributed by atoms with Crippen LogP contribution in [-0.4, -0.2) is 13.0 Å². The van der Waals surface area contributed by atoms with E-state index in [0.717, 1.165) is 22.7 Å². The first-order valence-corrected chi connectivity index (χ1v) is 9.88. The van der Waals surface area contributed by atoms with E-state index >= 15 is 0 Å². The Labute approximate surface area is 159 Å². The lowest BCUT2D eigenvalue weighted by molar-refractivity contribution is -0.115. The van der Waals surface area contributed by atoms with Crippen LogP contribution in [0.2, 0.25) is 0 Å². The molecular formula is C22H25NO2S. The Morgan fingerprint density at radius 2 is 2.15 bits per heavy atom. The molecule has 0 spiro atoms. The summed E-state index contributed by atoms with van der Waals surface area (Å²) in [6, 6.07) is 9.66. The van der Waals surface area contributed by atoms with Crippen molar-refractivity contribution >= 4 is 27.8 Å². The van der Waals surface area contributed by atoms with Crippen LogP contribution in [0.25, 0.3) is 5.57 Å². The van der Waals surface area contributed by atoms with Crippen LogP contribution < -0.4 is 10.1 Å². The molecule has 1 N–H and O–H groups in total. The molecule has 3 rings (SSSR count). The first-order chi connectivity index (χ1) is 12.6. The summed E-state index contributed by atoms with van der Waals surface area (Å²) in [5, 5.41) is 6.00. The summed E-state index contributed by atoms with van der Waals surface area (Å²) in [4.78, 5) is 12.3. The fourth-order valence-corrected chi connectivity index (χ4v) is 4.09. The highest BCUT2D eigenvalue weighted by atomic mass is 32.1. The number of benzene rings is 1. The number of ether oxygens (including phenoxy) is 1. The normalized spacial score (nSPS) is 19.1. The second-order valence-corrected chi connectivity index (χ2v) is 7.60.